The zero-order valence-corrected chi connectivity index (χ0v) is 23.7. The van der Waals surface area contributed by atoms with Crippen molar-refractivity contribution in [1.82, 2.24) is 4.90 Å². The minimum atomic E-state index is -1.45. The molecule has 1 amide bonds. The Balaban J connectivity index is 1.49. The lowest BCUT2D eigenvalue weighted by molar-refractivity contribution is -0.131. The monoisotopic (exact) mass is 588 g/mol. The predicted molar refractivity (Wildman–Crippen MR) is 162 cm³/mol. The summed E-state index contributed by atoms with van der Waals surface area (Å²) in [5.41, 5.74) is 2.11. The molecule has 0 aliphatic carbocycles. The Kier molecular flexibility index (Phi) is 6.29. The molecule has 212 valence electrons. The number of carbonyl (C=O) groups excluding carboxylic acids is 4. The molecular weight excluding hydrogens is 564 g/mol. The average molecular weight is 589 g/mol. The Morgan fingerprint density at radius 3 is 2.33 bits per heavy atom. The number of benzene rings is 4. The molecule has 3 heterocycles. The van der Waals surface area contributed by atoms with Crippen LogP contribution in [0.5, 0.6) is 5.75 Å². The Labute approximate surface area is 252 Å². The number of ether oxygens (including phenoxy) is 1. The summed E-state index contributed by atoms with van der Waals surface area (Å²) in [5.74, 6) is -2.41. The van der Waals surface area contributed by atoms with E-state index in [9.17, 15) is 19.2 Å². The molecule has 8 heteroatoms. The minimum absolute atomic E-state index is 0.242. The molecule has 0 radical (unpaired) electrons. The summed E-state index contributed by atoms with van der Waals surface area (Å²) in [6, 6.07) is 26.3. The lowest BCUT2D eigenvalue weighted by Crippen LogP contribution is -2.49. The largest absolute Gasteiger partial charge is 0.427 e. The summed E-state index contributed by atoms with van der Waals surface area (Å²) < 4.78 is 5.17. The third-order valence-electron chi connectivity index (χ3n) is 8.66. The van der Waals surface area contributed by atoms with Gasteiger partial charge in [-0.05, 0) is 65.2 Å². The number of hydrogen-bond donors (Lipinski definition) is 1. The molecule has 1 spiro atoms. The van der Waals surface area contributed by atoms with E-state index >= 15 is 0 Å². The first-order valence-electron chi connectivity index (χ1n) is 13.9. The Hall–Kier alpha value is -5.01. The first kappa shape index (κ1) is 26.9. The van der Waals surface area contributed by atoms with Crippen LogP contribution in [0.15, 0.2) is 103 Å². The highest BCUT2D eigenvalue weighted by Crippen LogP contribution is 2.62. The van der Waals surface area contributed by atoms with Crippen LogP contribution in [0.3, 0.4) is 0 Å². The second-order valence-electron chi connectivity index (χ2n) is 10.9. The number of Topliss-reactive ketones (excluding diaryl/α,β-unsaturated/α-hetero) is 2. The zero-order valence-electron chi connectivity index (χ0n) is 23.0. The number of carbonyl (C=O) groups is 4. The summed E-state index contributed by atoms with van der Waals surface area (Å²) >= 11 is 6.59. The van der Waals surface area contributed by atoms with Crippen LogP contribution in [0, 0.1) is 5.92 Å². The molecule has 4 unspecified atom stereocenters. The topological polar surface area (TPSA) is 92.8 Å². The lowest BCUT2D eigenvalue weighted by atomic mass is 9.62. The van der Waals surface area contributed by atoms with Gasteiger partial charge in [0.2, 0.25) is 5.91 Å². The van der Waals surface area contributed by atoms with Crippen LogP contribution in [0.1, 0.15) is 50.4 Å². The smallest absolute Gasteiger partial charge is 0.308 e. The highest BCUT2D eigenvalue weighted by atomic mass is 35.5. The third-order valence-corrected chi connectivity index (χ3v) is 8.99. The normalized spacial score (nSPS) is 22.9. The van der Waals surface area contributed by atoms with Crippen molar-refractivity contribution in [3.8, 4) is 5.75 Å². The number of halogens is 1. The molecule has 1 fully saturated rings. The molecule has 4 atom stereocenters. The fourth-order valence-corrected chi connectivity index (χ4v) is 7.25. The standard InChI is InChI=1S/C35H25ClN2O5/c1-20(39)43-23-16-14-22(15-17-23)31(40)30-29(32(41)25-10-4-6-12-27(25)36)35(26-11-5-7-13-28(26)37-34(35)42)33-24-9-3-2-8-21(24)18-19-38(30)33/h2-19,29-30,33H,1H3,(H,37,42). The number of hydrogen-bond acceptors (Lipinski definition) is 6. The van der Waals surface area contributed by atoms with Crippen LogP contribution in [0.4, 0.5) is 5.69 Å². The molecule has 0 aromatic heterocycles. The van der Waals surface area contributed by atoms with Gasteiger partial charge in [-0.1, -0.05) is 66.2 Å². The van der Waals surface area contributed by atoms with Crippen LogP contribution >= 0.6 is 11.6 Å². The Morgan fingerprint density at radius 2 is 1.56 bits per heavy atom. The summed E-state index contributed by atoms with van der Waals surface area (Å²) in [5, 5.41) is 3.28. The van der Waals surface area contributed by atoms with E-state index in [-0.39, 0.29) is 22.3 Å². The number of para-hydroxylation sites is 1. The second kappa shape index (κ2) is 10.1. The van der Waals surface area contributed by atoms with Gasteiger partial charge in [0, 0.05) is 29.9 Å². The van der Waals surface area contributed by atoms with E-state index in [0.717, 1.165) is 11.1 Å². The summed E-state index contributed by atoms with van der Waals surface area (Å²) in [4.78, 5) is 57.3. The Bertz CT molecular complexity index is 1870. The van der Waals surface area contributed by atoms with Gasteiger partial charge >= 0.3 is 5.97 Å². The van der Waals surface area contributed by atoms with Gasteiger partial charge in [-0.15, -0.1) is 0 Å². The van der Waals surface area contributed by atoms with Crippen molar-refractivity contribution < 1.29 is 23.9 Å². The number of nitrogens with zero attached hydrogens (tertiary/aromatic N) is 1. The number of esters is 1. The van der Waals surface area contributed by atoms with Crippen LogP contribution < -0.4 is 10.1 Å². The highest BCUT2D eigenvalue weighted by Gasteiger charge is 2.70. The predicted octanol–water partition coefficient (Wildman–Crippen LogP) is 6.25. The van der Waals surface area contributed by atoms with Crippen molar-refractivity contribution >= 4 is 46.8 Å². The minimum Gasteiger partial charge on any atom is -0.427 e. The summed E-state index contributed by atoms with van der Waals surface area (Å²) in [6.07, 6.45) is 3.73. The van der Waals surface area contributed by atoms with E-state index in [0.29, 0.717) is 22.6 Å². The maximum absolute atomic E-state index is 14.8. The van der Waals surface area contributed by atoms with Gasteiger partial charge < -0.3 is 15.0 Å². The van der Waals surface area contributed by atoms with Crippen molar-refractivity contribution in [1.29, 1.82) is 0 Å². The molecule has 0 saturated carbocycles. The molecule has 4 aromatic rings. The highest BCUT2D eigenvalue weighted by molar-refractivity contribution is 6.34. The van der Waals surface area contributed by atoms with Crippen molar-refractivity contribution in [3.63, 3.8) is 0 Å². The van der Waals surface area contributed by atoms with Gasteiger partial charge in [-0.25, -0.2) is 0 Å². The fourth-order valence-electron chi connectivity index (χ4n) is 7.02. The van der Waals surface area contributed by atoms with E-state index in [1.54, 1.807) is 48.5 Å². The number of rotatable bonds is 5. The molecule has 3 aliphatic heterocycles. The van der Waals surface area contributed by atoms with Gasteiger partial charge in [0.05, 0.1) is 17.0 Å². The zero-order chi connectivity index (χ0) is 29.9. The maximum atomic E-state index is 14.8. The number of anilines is 1. The molecule has 1 N–H and O–H groups in total. The Morgan fingerprint density at radius 1 is 0.860 bits per heavy atom. The van der Waals surface area contributed by atoms with Crippen LogP contribution in [0.25, 0.3) is 6.08 Å². The van der Waals surface area contributed by atoms with Crippen LogP contribution in [-0.4, -0.2) is 34.4 Å². The van der Waals surface area contributed by atoms with E-state index in [4.69, 9.17) is 16.3 Å². The lowest BCUT2D eigenvalue weighted by Gasteiger charge is -2.38. The van der Waals surface area contributed by atoms with Gasteiger partial charge in [0.25, 0.3) is 0 Å². The number of fused-ring (bicyclic) bond motifs is 6. The van der Waals surface area contributed by atoms with E-state index < -0.39 is 35.2 Å². The number of ketones is 2. The second-order valence-corrected chi connectivity index (χ2v) is 11.3. The summed E-state index contributed by atoms with van der Waals surface area (Å²) in [7, 11) is 0. The van der Waals surface area contributed by atoms with Crippen LogP contribution in [-0.2, 0) is 15.0 Å². The first-order valence-corrected chi connectivity index (χ1v) is 14.3. The van der Waals surface area contributed by atoms with Gasteiger partial charge in [-0.3, -0.25) is 19.2 Å². The molecule has 7 nitrogen and oxygen atoms in total. The fraction of sp³-hybridized carbons (Fsp3) is 0.143. The van der Waals surface area contributed by atoms with Crippen molar-refractivity contribution in [2.45, 2.75) is 24.4 Å². The third kappa shape index (κ3) is 3.96. The van der Waals surface area contributed by atoms with E-state index in [2.05, 4.69) is 5.32 Å². The number of nitrogens with one attached hydrogen (secondary N) is 1. The molecule has 7 rings (SSSR count). The molecule has 4 aromatic carbocycles. The maximum Gasteiger partial charge on any atom is 0.308 e. The van der Waals surface area contributed by atoms with E-state index in [1.807, 2.05) is 65.7 Å². The van der Waals surface area contributed by atoms with Gasteiger partial charge in [0.15, 0.2) is 11.6 Å². The van der Waals surface area contributed by atoms with Crippen LogP contribution in [0.2, 0.25) is 5.02 Å². The molecule has 3 aliphatic rings. The molecule has 1 saturated heterocycles. The van der Waals surface area contributed by atoms with Crippen molar-refractivity contribution in [2.75, 3.05) is 5.32 Å². The quantitative estimate of drug-likeness (QED) is 0.168. The van der Waals surface area contributed by atoms with Crippen molar-refractivity contribution in [3.05, 3.63) is 136 Å². The van der Waals surface area contributed by atoms with Gasteiger partial charge in [0.1, 0.15) is 17.2 Å². The van der Waals surface area contributed by atoms with E-state index in [1.165, 1.54) is 6.92 Å². The average Bonchev–Trinajstić information content (AvgIpc) is 3.49. The SMILES string of the molecule is CC(=O)Oc1ccc(C(=O)C2C(C(=O)c3ccccc3Cl)C3(C(=O)Nc4ccccc43)C3c4ccccc4C=CN23)cc1. The first-order chi connectivity index (χ1) is 20.8. The molecular formula is C35H25ClN2O5. The molecule has 43 heavy (non-hydrogen) atoms. The molecule has 0 bridgehead atoms. The number of amides is 1. The summed E-state index contributed by atoms with van der Waals surface area (Å²) in [6.45, 7) is 1.30. The van der Waals surface area contributed by atoms with Gasteiger partial charge in [-0.2, -0.15) is 0 Å². The van der Waals surface area contributed by atoms with Crippen molar-refractivity contribution in [2.24, 2.45) is 5.92 Å².